The fourth-order valence-corrected chi connectivity index (χ4v) is 5.06. The van der Waals surface area contributed by atoms with Gasteiger partial charge in [-0.3, -0.25) is 9.89 Å². The van der Waals surface area contributed by atoms with Crippen molar-refractivity contribution in [1.82, 2.24) is 29.5 Å². The zero-order chi connectivity index (χ0) is 24.8. The van der Waals surface area contributed by atoms with E-state index in [1.54, 1.807) is 16.8 Å². The highest BCUT2D eigenvalue weighted by molar-refractivity contribution is 7.13. The van der Waals surface area contributed by atoms with Crippen LogP contribution in [-0.2, 0) is 0 Å². The van der Waals surface area contributed by atoms with E-state index < -0.39 is 5.56 Å². The van der Waals surface area contributed by atoms with Crippen molar-refractivity contribution < 1.29 is 0 Å². The van der Waals surface area contributed by atoms with Gasteiger partial charge < -0.3 is 0 Å². The highest BCUT2D eigenvalue weighted by atomic mass is 35.5. The number of hydrogen-bond donors (Lipinski definition) is 1. The summed E-state index contributed by atoms with van der Waals surface area (Å²) in [6.07, 6.45) is 0. The number of nitriles is 1. The van der Waals surface area contributed by atoms with Crippen LogP contribution in [0.5, 0.6) is 0 Å². The molecule has 0 unspecified atom stereocenters. The molecular weight excluding hydrogens is 494 g/mol. The van der Waals surface area contributed by atoms with Gasteiger partial charge in [0.15, 0.2) is 5.65 Å². The van der Waals surface area contributed by atoms with E-state index in [2.05, 4.69) is 5.10 Å². The second-order valence-corrected chi connectivity index (χ2v) is 9.38. The van der Waals surface area contributed by atoms with Crippen LogP contribution in [-0.4, -0.2) is 29.5 Å². The number of para-hydroxylation sites is 1. The molecule has 0 fully saturated rings. The van der Waals surface area contributed by atoms with Gasteiger partial charge in [-0.1, -0.05) is 48.0 Å². The molecule has 8 nitrogen and oxygen atoms in total. The SMILES string of the molecule is Cc1nn(-c2ccccc2)c2nc(-n3[nH]c(=O)c(C#N)c3-c3cccs3)nc(-c3ccc(Cl)cc3)c12. The van der Waals surface area contributed by atoms with E-state index >= 15 is 0 Å². The summed E-state index contributed by atoms with van der Waals surface area (Å²) in [6, 6.07) is 22.8. The fraction of sp³-hybridized carbons (Fsp3) is 0.0385. The van der Waals surface area contributed by atoms with E-state index in [0.29, 0.717) is 22.1 Å². The molecule has 4 heterocycles. The predicted octanol–water partition coefficient (Wildman–Crippen LogP) is 5.52. The highest BCUT2D eigenvalue weighted by Crippen LogP contribution is 2.33. The van der Waals surface area contributed by atoms with Gasteiger partial charge in [-0.15, -0.1) is 11.3 Å². The van der Waals surface area contributed by atoms with Gasteiger partial charge in [0, 0.05) is 10.6 Å². The summed E-state index contributed by atoms with van der Waals surface area (Å²) in [6.45, 7) is 1.91. The molecule has 6 rings (SSSR count). The zero-order valence-electron chi connectivity index (χ0n) is 18.8. The van der Waals surface area contributed by atoms with E-state index in [1.807, 2.05) is 73.0 Å². The van der Waals surface area contributed by atoms with E-state index in [0.717, 1.165) is 27.2 Å². The Kier molecular flexibility index (Phi) is 5.25. The van der Waals surface area contributed by atoms with Crippen molar-refractivity contribution in [1.29, 1.82) is 5.26 Å². The highest BCUT2D eigenvalue weighted by Gasteiger charge is 2.24. The van der Waals surface area contributed by atoms with Crippen molar-refractivity contribution >= 4 is 34.0 Å². The number of aromatic amines is 1. The number of rotatable bonds is 4. The summed E-state index contributed by atoms with van der Waals surface area (Å²) >= 11 is 7.57. The third-order valence-electron chi connectivity index (χ3n) is 5.78. The third-order valence-corrected chi connectivity index (χ3v) is 6.90. The number of benzene rings is 2. The summed E-state index contributed by atoms with van der Waals surface area (Å²) in [4.78, 5) is 23.2. The number of H-pyrrole nitrogens is 1. The van der Waals surface area contributed by atoms with Crippen LogP contribution in [0.15, 0.2) is 76.9 Å². The molecule has 0 saturated carbocycles. The first kappa shape index (κ1) is 22.0. The molecule has 0 bridgehead atoms. The van der Waals surface area contributed by atoms with Gasteiger partial charge in [0.05, 0.1) is 27.3 Å². The van der Waals surface area contributed by atoms with Gasteiger partial charge in [0.1, 0.15) is 17.3 Å². The van der Waals surface area contributed by atoms with Gasteiger partial charge in [-0.25, -0.2) is 14.3 Å². The van der Waals surface area contributed by atoms with Crippen molar-refractivity contribution in [2.75, 3.05) is 0 Å². The van der Waals surface area contributed by atoms with Crippen molar-refractivity contribution in [2.24, 2.45) is 0 Å². The Bertz CT molecular complexity index is 1830. The number of nitrogens with one attached hydrogen (secondary N) is 1. The summed E-state index contributed by atoms with van der Waals surface area (Å²) in [7, 11) is 0. The van der Waals surface area contributed by atoms with Gasteiger partial charge in [-0.05, 0) is 42.6 Å². The summed E-state index contributed by atoms with van der Waals surface area (Å²) in [5, 5.41) is 20.5. The summed E-state index contributed by atoms with van der Waals surface area (Å²) in [5.74, 6) is 0.214. The first-order valence-electron chi connectivity index (χ1n) is 10.9. The molecule has 4 aromatic heterocycles. The smallest absolute Gasteiger partial charge is 0.266 e. The summed E-state index contributed by atoms with van der Waals surface area (Å²) in [5.41, 5.74) is 3.52. The Morgan fingerprint density at radius 2 is 1.81 bits per heavy atom. The molecular formula is C26H16ClN7OS. The van der Waals surface area contributed by atoms with Crippen LogP contribution in [0.25, 0.3) is 44.5 Å². The lowest BCUT2D eigenvalue weighted by atomic mass is 10.1. The lowest BCUT2D eigenvalue weighted by molar-refractivity contribution is 0.803. The topological polar surface area (TPSA) is 105 Å². The molecule has 0 atom stereocenters. The lowest BCUT2D eigenvalue weighted by Crippen LogP contribution is -2.10. The van der Waals surface area contributed by atoms with Crippen molar-refractivity contribution in [3.8, 4) is 39.5 Å². The quantitative estimate of drug-likeness (QED) is 0.336. The number of hydrogen-bond acceptors (Lipinski definition) is 6. The van der Waals surface area contributed by atoms with Crippen LogP contribution in [0, 0.1) is 18.3 Å². The Labute approximate surface area is 213 Å². The van der Waals surface area contributed by atoms with Gasteiger partial charge in [0.2, 0.25) is 0 Å². The number of thiophene rings is 1. The Balaban J connectivity index is 1.72. The Morgan fingerprint density at radius 1 is 1.03 bits per heavy atom. The molecule has 0 spiro atoms. The minimum Gasteiger partial charge on any atom is -0.266 e. The standard InChI is InChI=1S/C26H16ClN7OS/c1-15-21-22(16-9-11-17(27)12-10-16)29-26(30-24(21)33(31-15)18-6-3-2-4-7-18)34-23(20-8-5-13-36-20)19(14-28)25(35)32-34/h2-13H,1H3,(H,32,35). The van der Waals surface area contributed by atoms with E-state index in [9.17, 15) is 10.1 Å². The third kappa shape index (κ3) is 3.51. The second kappa shape index (κ2) is 8.61. The number of aryl methyl sites for hydroxylation is 1. The van der Waals surface area contributed by atoms with Crippen LogP contribution in [0.4, 0.5) is 0 Å². The van der Waals surface area contributed by atoms with Gasteiger partial charge >= 0.3 is 0 Å². The van der Waals surface area contributed by atoms with Crippen molar-refractivity contribution in [3.05, 3.63) is 98.7 Å². The van der Waals surface area contributed by atoms with Crippen LogP contribution >= 0.6 is 22.9 Å². The average Bonchev–Trinajstić information content (AvgIpc) is 3.62. The maximum absolute atomic E-state index is 12.7. The molecule has 0 aliphatic heterocycles. The second-order valence-electron chi connectivity index (χ2n) is 8.00. The van der Waals surface area contributed by atoms with E-state index in [1.165, 1.54) is 16.0 Å². The molecule has 36 heavy (non-hydrogen) atoms. The number of fused-ring (bicyclic) bond motifs is 1. The van der Waals surface area contributed by atoms with Crippen LogP contribution in [0.3, 0.4) is 0 Å². The summed E-state index contributed by atoms with van der Waals surface area (Å²) < 4.78 is 3.23. The lowest BCUT2D eigenvalue weighted by Gasteiger charge is -2.11. The minimum absolute atomic E-state index is 0.00179. The first-order valence-corrected chi connectivity index (χ1v) is 12.2. The van der Waals surface area contributed by atoms with Crippen LogP contribution in [0.2, 0.25) is 5.02 Å². The molecule has 174 valence electrons. The molecule has 10 heteroatoms. The maximum Gasteiger partial charge on any atom is 0.283 e. The molecule has 0 aliphatic rings. The van der Waals surface area contributed by atoms with E-state index in [4.69, 9.17) is 26.7 Å². The Hall–Kier alpha value is -4.52. The largest absolute Gasteiger partial charge is 0.283 e. The minimum atomic E-state index is -0.509. The fourth-order valence-electron chi connectivity index (χ4n) is 4.17. The molecule has 0 saturated heterocycles. The van der Waals surface area contributed by atoms with Gasteiger partial charge in [0.25, 0.3) is 11.5 Å². The van der Waals surface area contributed by atoms with Gasteiger partial charge in [-0.2, -0.15) is 15.3 Å². The Morgan fingerprint density at radius 3 is 2.50 bits per heavy atom. The molecule has 6 aromatic rings. The van der Waals surface area contributed by atoms with Crippen molar-refractivity contribution in [2.45, 2.75) is 6.92 Å². The molecule has 0 amide bonds. The monoisotopic (exact) mass is 509 g/mol. The maximum atomic E-state index is 12.7. The van der Waals surface area contributed by atoms with Crippen molar-refractivity contribution in [3.63, 3.8) is 0 Å². The zero-order valence-corrected chi connectivity index (χ0v) is 20.4. The number of aromatic nitrogens is 6. The molecule has 0 radical (unpaired) electrons. The van der Waals surface area contributed by atoms with Crippen LogP contribution in [0.1, 0.15) is 11.3 Å². The molecule has 0 aliphatic carbocycles. The number of halogens is 1. The predicted molar refractivity (Wildman–Crippen MR) is 140 cm³/mol. The average molecular weight is 510 g/mol. The van der Waals surface area contributed by atoms with E-state index in [-0.39, 0.29) is 11.5 Å². The van der Waals surface area contributed by atoms with Crippen LogP contribution < -0.4 is 5.56 Å². The molecule has 1 N–H and O–H groups in total. The molecule has 2 aromatic carbocycles. The normalized spacial score (nSPS) is 11.1. The first-order chi connectivity index (χ1) is 17.5. The number of nitrogens with zero attached hydrogens (tertiary/aromatic N) is 6.